The molecule has 0 saturated heterocycles. The van der Waals surface area contributed by atoms with Crippen LogP contribution in [-0.2, 0) is 11.3 Å². The fourth-order valence-electron chi connectivity index (χ4n) is 1.11. The topological polar surface area (TPSA) is 63.2 Å². The van der Waals surface area contributed by atoms with E-state index in [1.54, 1.807) is 6.20 Å². The quantitative estimate of drug-likeness (QED) is 0.788. The van der Waals surface area contributed by atoms with Gasteiger partial charge in [-0.25, -0.2) is 10.2 Å². The molecule has 1 heterocycles. The van der Waals surface area contributed by atoms with Crippen LogP contribution in [0.4, 0.5) is 4.79 Å². The van der Waals surface area contributed by atoms with Gasteiger partial charge in [-0.1, -0.05) is 6.07 Å². The lowest BCUT2D eigenvalue weighted by atomic mass is 10.2. The Hall–Kier alpha value is -1.62. The van der Waals surface area contributed by atoms with Gasteiger partial charge in [-0.05, 0) is 39.3 Å². The first-order valence-corrected chi connectivity index (χ1v) is 5.50. The molecular formula is C12H19N3O2. The summed E-state index contributed by atoms with van der Waals surface area (Å²) in [4.78, 5) is 15.5. The Kier molecular flexibility index (Phi) is 4.45. The number of carbonyl (C=O) groups excluding carboxylic acids is 1. The summed E-state index contributed by atoms with van der Waals surface area (Å²) in [5.41, 5.74) is 6.67. The lowest BCUT2D eigenvalue weighted by molar-refractivity contribution is 0.0497. The Bertz CT molecular complexity index is 368. The largest absolute Gasteiger partial charge is 0.443 e. The predicted molar refractivity (Wildman–Crippen MR) is 65.2 cm³/mol. The number of carbonyl (C=O) groups is 1. The number of rotatable bonds is 3. The molecule has 0 saturated carbocycles. The summed E-state index contributed by atoms with van der Waals surface area (Å²) in [5.74, 6) is 0. The van der Waals surface area contributed by atoms with Crippen LogP contribution >= 0.6 is 0 Å². The first-order valence-electron chi connectivity index (χ1n) is 5.50. The number of nitrogens with zero attached hydrogens (tertiary/aromatic N) is 1. The minimum atomic E-state index is -0.496. The number of hydrogen-bond donors (Lipinski definition) is 2. The normalized spacial score (nSPS) is 11.1. The van der Waals surface area contributed by atoms with Crippen LogP contribution in [0.1, 0.15) is 32.0 Å². The molecule has 1 aromatic rings. The molecule has 2 N–H and O–H groups in total. The van der Waals surface area contributed by atoms with Gasteiger partial charge >= 0.3 is 6.09 Å². The smallest absolute Gasteiger partial charge is 0.422 e. The summed E-state index contributed by atoms with van der Waals surface area (Å²) in [6, 6.07) is 3.87. The van der Waals surface area contributed by atoms with Gasteiger partial charge in [0.2, 0.25) is 0 Å². The van der Waals surface area contributed by atoms with Crippen LogP contribution in [0, 0.1) is 6.92 Å². The molecule has 0 unspecified atom stereocenters. The zero-order valence-electron chi connectivity index (χ0n) is 10.7. The molecule has 0 aromatic carbocycles. The van der Waals surface area contributed by atoms with Crippen molar-refractivity contribution in [2.75, 3.05) is 0 Å². The van der Waals surface area contributed by atoms with E-state index in [1.807, 2.05) is 39.8 Å². The molecule has 0 aliphatic rings. The summed E-state index contributed by atoms with van der Waals surface area (Å²) in [6.45, 7) is 7.87. The molecule has 0 bridgehead atoms. The molecule has 5 heteroatoms. The van der Waals surface area contributed by atoms with Crippen LogP contribution in [-0.4, -0.2) is 16.7 Å². The minimum Gasteiger partial charge on any atom is -0.443 e. The molecular weight excluding hydrogens is 218 g/mol. The van der Waals surface area contributed by atoms with Crippen LogP contribution in [0.5, 0.6) is 0 Å². The molecule has 17 heavy (non-hydrogen) atoms. The van der Waals surface area contributed by atoms with Gasteiger partial charge in [-0.2, -0.15) is 0 Å². The van der Waals surface area contributed by atoms with Crippen LogP contribution in [0.2, 0.25) is 0 Å². The van der Waals surface area contributed by atoms with Crippen molar-refractivity contribution in [3.8, 4) is 0 Å². The molecule has 1 amide bonds. The van der Waals surface area contributed by atoms with Crippen molar-refractivity contribution < 1.29 is 9.53 Å². The van der Waals surface area contributed by atoms with E-state index in [1.165, 1.54) is 0 Å². The number of aryl methyl sites for hydroxylation is 1. The van der Waals surface area contributed by atoms with Crippen molar-refractivity contribution in [2.24, 2.45) is 0 Å². The summed E-state index contributed by atoms with van der Waals surface area (Å²) in [5, 5.41) is 0. The number of aromatic nitrogens is 1. The maximum Gasteiger partial charge on any atom is 0.422 e. The Morgan fingerprint density at radius 3 is 2.65 bits per heavy atom. The second-order valence-corrected chi connectivity index (χ2v) is 4.81. The zero-order valence-corrected chi connectivity index (χ0v) is 10.7. The minimum absolute atomic E-state index is 0.458. The third-order valence-electron chi connectivity index (χ3n) is 1.83. The van der Waals surface area contributed by atoms with Gasteiger partial charge in [0.25, 0.3) is 0 Å². The van der Waals surface area contributed by atoms with Crippen molar-refractivity contribution in [3.63, 3.8) is 0 Å². The van der Waals surface area contributed by atoms with Gasteiger partial charge < -0.3 is 4.74 Å². The molecule has 0 spiro atoms. The Labute approximate surface area is 102 Å². The second kappa shape index (κ2) is 5.63. The third kappa shape index (κ3) is 5.87. The van der Waals surface area contributed by atoms with E-state index in [-0.39, 0.29) is 0 Å². The highest BCUT2D eigenvalue weighted by Gasteiger charge is 2.15. The molecule has 5 nitrogen and oxygen atoms in total. The molecule has 0 aliphatic heterocycles. The summed E-state index contributed by atoms with van der Waals surface area (Å²) in [7, 11) is 0. The number of nitrogens with one attached hydrogen (secondary N) is 2. The molecule has 0 atom stereocenters. The third-order valence-corrected chi connectivity index (χ3v) is 1.83. The first kappa shape index (κ1) is 13.4. The average molecular weight is 237 g/mol. The standard InChI is InChI=1S/C12H19N3O2/c1-9-5-6-10(13-7-9)8-14-15-11(16)17-12(2,3)4/h5-7,14H,8H2,1-4H3,(H,15,16). The van der Waals surface area contributed by atoms with E-state index in [2.05, 4.69) is 15.8 Å². The molecule has 1 aromatic heterocycles. The predicted octanol–water partition coefficient (Wildman–Crippen LogP) is 1.92. The van der Waals surface area contributed by atoms with E-state index in [4.69, 9.17) is 4.74 Å². The van der Waals surface area contributed by atoms with Gasteiger partial charge in [0.15, 0.2) is 0 Å². The van der Waals surface area contributed by atoms with Crippen molar-refractivity contribution in [1.29, 1.82) is 0 Å². The Balaban J connectivity index is 2.28. The van der Waals surface area contributed by atoms with Gasteiger partial charge in [0.1, 0.15) is 5.60 Å². The Morgan fingerprint density at radius 1 is 1.41 bits per heavy atom. The van der Waals surface area contributed by atoms with Gasteiger partial charge in [-0.3, -0.25) is 10.4 Å². The highest BCUT2D eigenvalue weighted by Crippen LogP contribution is 2.05. The zero-order chi connectivity index (χ0) is 12.9. The maximum absolute atomic E-state index is 11.3. The molecule has 0 fully saturated rings. The van der Waals surface area contributed by atoms with Crippen molar-refractivity contribution in [1.82, 2.24) is 15.8 Å². The highest BCUT2D eigenvalue weighted by molar-refractivity contribution is 5.66. The van der Waals surface area contributed by atoms with E-state index >= 15 is 0 Å². The van der Waals surface area contributed by atoms with Crippen LogP contribution < -0.4 is 10.9 Å². The summed E-state index contributed by atoms with van der Waals surface area (Å²) < 4.78 is 5.06. The van der Waals surface area contributed by atoms with Gasteiger partial charge in [0, 0.05) is 6.20 Å². The van der Waals surface area contributed by atoms with Crippen LogP contribution in [0.3, 0.4) is 0 Å². The van der Waals surface area contributed by atoms with E-state index in [9.17, 15) is 4.79 Å². The maximum atomic E-state index is 11.3. The number of pyridine rings is 1. The molecule has 1 rings (SSSR count). The van der Waals surface area contributed by atoms with Gasteiger partial charge in [-0.15, -0.1) is 0 Å². The van der Waals surface area contributed by atoms with E-state index in [0.717, 1.165) is 11.3 Å². The fraction of sp³-hybridized carbons (Fsp3) is 0.500. The number of amides is 1. The molecule has 94 valence electrons. The van der Waals surface area contributed by atoms with E-state index < -0.39 is 11.7 Å². The molecule has 0 aliphatic carbocycles. The van der Waals surface area contributed by atoms with Crippen LogP contribution in [0.25, 0.3) is 0 Å². The van der Waals surface area contributed by atoms with Crippen molar-refractivity contribution in [2.45, 2.75) is 39.8 Å². The second-order valence-electron chi connectivity index (χ2n) is 4.81. The van der Waals surface area contributed by atoms with E-state index in [0.29, 0.717) is 6.54 Å². The lowest BCUT2D eigenvalue weighted by Gasteiger charge is -2.19. The SMILES string of the molecule is Cc1ccc(CNNC(=O)OC(C)(C)C)nc1. The summed E-state index contributed by atoms with van der Waals surface area (Å²) >= 11 is 0. The highest BCUT2D eigenvalue weighted by atomic mass is 16.6. The Morgan fingerprint density at radius 2 is 2.12 bits per heavy atom. The number of hydrogen-bond acceptors (Lipinski definition) is 4. The average Bonchev–Trinajstić information content (AvgIpc) is 2.18. The molecule has 0 radical (unpaired) electrons. The van der Waals surface area contributed by atoms with Crippen LogP contribution in [0.15, 0.2) is 18.3 Å². The number of ether oxygens (including phenoxy) is 1. The monoisotopic (exact) mass is 237 g/mol. The fourth-order valence-corrected chi connectivity index (χ4v) is 1.11. The van der Waals surface area contributed by atoms with Crippen molar-refractivity contribution in [3.05, 3.63) is 29.6 Å². The summed E-state index contributed by atoms with van der Waals surface area (Å²) in [6.07, 6.45) is 1.29. The number of hydrazine groups is 1. The first-order chi connectivity index (χ1) is 7.87. The van der Waals surface area contributed by atoms with Crippen molar-refractivity contribution >= 4 is 6.09 Å². The van der Waals surface area contributed by atoms with Gasteiger partial charge in [0.05, 0.1) is 12.2 Å². The lowest BCUT2D eigenvalue weighted by Crippen LogP contribution is -2.40.